The number of anilines is 1. The van der Waals surface area contributed by atoms with Gasteiger partial charge in [-0.3, -0.25) is 0 Å². The lowest BCUT2D eigenvalue weighted by Crippen LogP contribution is -2.38. The van der Waals surface area contributed by atoms with E-state index in [0.29, 0.717) is 12.0 Å². The van der Waals surface area contributed by atoms with Gasteiger partial charge in [0.25, 0.3) is 0 Å². The number of hydrogen-bond donors (Lipinski definition) is 1. The van der Waals surface area contributed by atoms with Gasteiger partial charge in [0.15, 0.2) is 10.8 Å². The Hall–Kier alpha value is -1.10. The number of thiazole rings is 1. The van der Waals surface area contributed by atoms with Gasteiger partial charge in [-0.1, -0.05) is 19.8 Å². The Bertz CT molecular complexity index is 405. The Morgan fingerprint density at radius 2 is 2.24 bits per heavy atom. The van der Waals surface area contributed by atoms with Crippen LogP contribution in [0.1, 0.15) is 43.1 Å². The monoisotopic (exact) mass is 254 g/mol. The van der Waals surface area contributed by atoms with E-state index >= 15 is 0 Å². The van der Waals surface area contributed by atoms with Gasteiger partial charge in [0.2, 0.25) is 0 Å². The average molecular weight is 254 g/mol. The highest BCUT2D eigenvalue weighted by Gasteiger charge is 2.26. The van der Waals surface area contributed by atoms with Gasteiger partial charge in [0.1, 0.15) is 0 Å². The average Bonchev–Trinajstić information content (AvgIpc) is 2.78. The Morgan fingerprint density at radius 1 is 1.53 bits per heavy atom. The highest BCUT2D eigenvalue weighted by Crippen LogP contribution is 2.31. The molecule has 1 aromatic rings. The fourth-order valence-corrected chi connectivity index (χ4v) is 3.36. The van der Waals surface area contributed by atoms with Gasteiger partial charge in [0.05, 0.1) is 0 Å². The zero-order chi connectivity index (χ0) is 12.4. The molecule has 0 aliphatic heterocycles. The molecule has 17 heavy (non-hydrogen) atoms. The van der Waals surface area contributed by atoms with E-state index in [-0.39, 0.29) is 5.69 Å². The van der Waals surface area contributed by atoms with Crippen LogP contribution in [0.15, 0.2) is 5.38 Å². The largest absolute Gasteiger partial charge is 0.476 e. The van der Waals surface area contributed by atoms with Crippen molar-refractivity contribution in [3.8, 4) is 0 Å². The summed E-state index contributed by atoms with van der Waals surface area (Å²) in [5.41, 5.74) is 0.153. The van der Waals surface area contributed by atoms with Crippen LogP contribution in [0.5, 0.6) is 0 Å². The van der Waals surface area contributed by atoms with Gasteiger partial charge in [-0.05, 0) is 18.8 Å². The topological polar surface area (TPSA) is 53.4 Å². The molecule has 1 aliphatic carbocycles. The van der Waals surface area contributed by atoms with Crippen molar-refractivity contribution in [2.75, 3.05) is 11.9 Å². The highest BCUT2D eigenvalue weighted by atomic mass is 32.1. The standard InChI is InChI=1S/C12H18N2O2S/c1-8-5-3-4-6-10(8)14(2)12-13-9(7-17-12)11(15)16/h7-8,10H,3-6H2,1-2H3,(H,15,16). The van der Waals surface area contributed by atoms with E-state index in [0.717, 1.165) is 5.13 Å². The molecule has 2 unspecified atom stereocenters. The van der Waals surface area contributed by atoms with Crippen molar-refractivity contribution in [3.05, 3.63) is 11.1 Å². The van der Waals surface area contributed by atoms with Crippen LogP contribution in [-0.2, 0) is 0 Å². The summed E-state index contributed by atoms with van der Waals surface area (Å²) < 4.78 is 0. The Balaban J connectivity index is 2.12. The van der Waals surface area contributed by atoms with Gasteiger partial charge >= 0.3 is 5.97 Å². The van der Waals surface area contributed by atoms with E-state index in [4.69, 9.17) is 5.11 Å². The predicted octanol–water partition coefficient (Wildman–Crippen LogP) is 2.86. The third kappa shape index (κ3) is 2.60. The Labute approximate surface area is 105 Å². The summed E-state index contributed by atoms with van der Waals surface area (Å²) >= 11 is 1.42. The van der Waals surface area contributed by atoms with E-state index in [9.17, 15) is 4.79 Å². The quantitative estimate of drug-likeness (QED) is 0.901. The molecule has 1 aromatic heterocycles. The van der Waals surface area contributed by atoms with Gasteiger partial charge < -0.3 is 10.0 Å². The van der Waals surface area contributed by atoms with Crippen LogP contribution in [0, 0.1) is 5.92 Å². The lowest BCUT2D eigenvalue weighted by Gasteiger charge is -2.36. The number of carboxylic acid groups (broad SMARTS) is 1. The number of hydrogen-bond acceptors (Lipinski definition) is 4. The van der Waals surface area contributed by atoms with E-state index in [1.807, 2.05) is 7.05 Å². The smallest absolute Gasteiger partial charge is 0.355 e. The fraction of sp³-hybridized carbons (Fsp3) is 0.667. The Morgan fingerprint density at radius 3 is 2.82 bits per heavy atom. The van der Waals surface area contributed by atoms with Crippen molar-refractivity contribution >= 4 is 22.4 Å². The molecule has 0 bridgehead atoms. The molecular formula is C12H18N2O2S. The molecule has 0 radical (unpaired) electrons. The molecule has 94 valence electrons. The highest BCUT2D eigenvalue weighted by molar-refractivity contribution is 7.13. The molecule has 2 rings (SSSR count). The van der Waals surface area contributed by atoms with Crippen molar-refractivity contribution < 1.29 is 9.90 Å². The summed E-state index contributed by atoms with van der Waals surface area (Å²) in [6.45, 7) is 2.27. The zero-order valence-electron chi connectivity index (χ0n) is 10.2. The van der Waals surface area contributed by atoms with Crippen molar-refractivity contribution in [2.45, 2.75) is 38.6 Å². The van der Waals surface area contributed by atoms with E-state index in [1.54, 1.807) is 5.38 Å². The van der Waals surface area contributed by atoms with E-state index < -0.39 is 5.97 Å². The Kier molecular flexibility index (Phi) is 3.66. The van der Waals surface area contributed by atoms with Crippen LogP contribution in [0.2, 0.25) is 0 Å². The lowest BCUT2D eigenvalue weighted by molar-refractivity contribution is 0.0691. The molecule has 1 fully saturated rings. The molecule has 1 heterocycles. The second kappa shape index (κ2) is 5.04. The van der Waals surface area contributed by atoms with Gasteiger partial charge in [-0.15, -0.1) is 11.3 Å². The van der Waals surface area contributed by atoms with Crippen molar-refractivity contribution in [1.82, 2.24) is 4.98 Å². The van der Waals surface area contributed by atoms with Crippen molar-refractivity contribution in [3.63, 3.8) is 0 Å². The number of carboxylic acids is 1. The minimum absolute atomic E-state index is 0.153. The molecular weight excluding hydrogens is 236 g/mol. The first-order valence-electron chi connectivity index (χ1n) is 6.01. The maximum absolute atomic E-state index is 10.8. The molecule has 4 nitrogen and oxygen atoms in total. The number of aromatic carboxylic acids is 1. The van der Waals surface area contributed by atoms with Crippen LogP contribution in [0.25, 0.3) is 0 Å². The van der Waals surface area contributed by atoms with Gasteiger partial charge in [-0.2, -0.15) is 0 Å². The predicted molar refractivity (Wildman–Crippen MR) is 68.9 cm³/mol. The molecule has 0 saturated heterocycles. The maximum atomic E-state index is 10.8. The lowest BCUT2D eigenvalue weighted by atomic mass is 9.85. The molecule has 0 spiro atoms. The van der Waals surface area contributed by atoms with Gasteiger partial charge in [0, 0.05) is 18.5 Å². The third-order valence-corrected chi connectivity index (χ3v) is 4.51. The molecule has 0 aromatic carbocycles. The number of carbonyl (C=O) groups is 1. The zero-order valence-corrected chi connectivity index (χ0v) is 11.0. The first-order valence-corrected chi connectivity index (χ1v) is 6.89. The summed E-state index contributed by atoms with van der Waals surface area (Å²) in [5, 5.41) is 11.3. The summed E-state index contributed by atoms with van der Waals surface area (Å²) in [5.74, 6) is -0.288. The summed E-state index contributed by atoms with van der Waals surface area (Å²) in [6.07, 6.45) is 5.01. The number of nitrogens with zero attached hydrogens (tertiary/aromatic N) is 2. The third-order valence-electron chi connectivity index (χ3n) is 3.58. The number of rotatable bonds is 3. The van der Waals surface area contributed by atoms with Crippen LogP contribution in [0.4, 0.5) is 5.13 Å². The maximum Gasteiger partial charge on any atom is 0.355 e. The number of aromatic nitrogens is 1. The van der Waals surface area contributed by atoms with Crippen LogP contribution < -0.4 is 4.90 Å². The van der Waals surface area contributed by atoms with Gasteiger partial charge in [-0.25, -0.2) is 9.78 Å². The fourth-order valence-electron chi connectivity index (χ4n) is 2.54. The summed E-state index contributed by atoms with van der Waals surface area (Å²) in [4.78, 5) is 17.1. The minimum Gasteiger partial charge on any atom is -0.476 e. The van der Waals surface area contributed by atoms with Crippen LogP contribution >= 0.6 is 11.3 Å². The second-order valence-electron chi connectivity index (χ2n) is 4.76. The van der Waals surface area contributed by atoms with Crippen LogP contribution in [-0.4, -0.2) is 29.1 Å². The molecule has 1 aliphatic rings. The minimum atomic E-state index is -0.947. The van der Waals surface area contributed by atoms with Crippen LogP contribution in [0.3, 0.4) is 0 Å². The summed E-state index contributed by atoms with van der Waals surface area (Å²) in [7, 11) is 2.02. The summed E-state index contributed by atoms with van der Waals surface area (Å²) in [6, 6.07) is 0.497. The molecule has 2 atom stereocenters. The van der Waals surface area contributed by atoms with E-state index in [1.165, 1.54) is 37.0 Å². The normalized spacial score (nSPS) is 24.6. The van der Waals surface area contributed by atoms with Crippen molar-refractivity contribution in [1.29, 1.82) is 0 Å². The molecule has 1 N–H and O–H groups in total. The first kappa shape index (κ1) is 12.4. The second-order valence-corrected chi connectivity index (χ2v) is 5.60. The SMILES string of the molecule is CC1CCCCC1N(C)c1nc(C(=O)O)cs1. The first-order chi connectivity index (χ1) is 8.09. The van der Waals surface area contributed by atoms with Crippen molar-refractivity contribution in [2.24, 2.45) is 5.92 Å². The molecule has 5 heteroatoms. The van der Waals surface area contributed by atoms with E-state index in [2.05, 4.69) is 16.8 Å². The molecule has 0 amide bonds. The molecule has 1 saturated carbocycles.